The fraction of sp³-hybridized carbons (Fsp3) is 0.548. The molecule has 3 aliphatic rings. The monoisotopic (exact) mass is 727 g/mol. The number of ether oxygens (including phenoxy) is 4. The van der Waals surface area contributed by atoms with Crippen LogP contribution >= 0.6 is 0 Å². The van der Waals surface area contributed by atoms with E-state index < -0.39 is 93.4 Å². The molecule has 0 bridgehead atoms. The molecule has 16 nitrogen and oxygen atoms in total. The Morgan fingerprint density at radius 3 is 2.12 bits per heavy atom. The van der Waals surface area contributed by atoms with Crippen molar-refractivity contribution < 1.29 is 51.1 Å². The zero-order chi connectivity index (χ0) is 35.7. The molecule has 10 N–H and O–H groups in total. The fourth-order valence-corrected chi connectivity index (χ4v) is 9.16. The van der Waals surface area contributed by atoms with Crippen LogP contribution in [0.15, 0.2) is 82.3 Å². The Kier molecular flexibility index (Phi) is 11.5. The summed E-state index contributed by atoms with van der Waals surface area (Å²) in [4.78, 5) is -0.136. The van der Waals surface area contributed by atoms with E-state index >= 15 is 0 Å². The van der Waals surface area contributed by atoms with Gasteiger partial charge in [-0.15, -0.1) is 0 Å². The summed E-state index contributed by atoms with van der Waals surface area (Å²) in [5, 5.41) is 34.6. The normalized spacial score (nSPS) is 35.8. The summed E-state index contributed by atoms with van der Waals surface area (Å²) in [6.45, 7) is 0.896. The number of rotatable bonds is 11. The van der Waals surface area contributed by atoms with E-state index in [-0.39, 0.29) is 22.8 Å². The second kappa shape index (κ2) is 15.0. The van der Waals surface area contributed by atoms with Crippen molar-refractivity contribution in [2.75, 3.05) is 20.2 Å². The molecule has 2 aromatic carbocycles. The SMILES string of the molecule is CN([C@@H]1[C@@H](O)[C@@H](O[C@@H]2[C@@H](O)[C@H](O[C@H]3OC(CN)=CC[C@H]3N)[C@@H](N)C[C@H]2NS(=O)(=O)c2ccccc2)OC[C@]1(C)O)S(=O)(=O)c1ccccc1. The standard InChI is InChI=1S/C31H45N5O11S2/c1-31(39)17-44-30(25(38)28(31)36(2)49(42,43)20-11-7-4-8-12-20)47-27-23(35-48(40,41)19-9-5-3-6-10-19)15-22(34)26(24(27)37)46-29-21(33)14-13-18(16-32)45-29/h3-13,21-30,35,37-39H,14-17,32-34H2,1-2H3/t21-,22+,23-,24+,25-,26-,27+,28-,29-,30-,31+/m1/s1. The van der Waals surface area contributed by atoms with E-state index in [1.807, 2.05) is 0 Å². The molecule has 0 spiro atoms. The average molecular weight is 728 g/mol. The van der Waals surface area contributed by atoms with Gasteiger partial charge in [0.15, 0.2) is 6.29 Å². The highest BCUT2D eigenvalue weighted by Crippen LogP contribution is 2.35. The molecule has 2 aliphatic heterocycles. The third-order valence-electron chi connectivity index (χ3n) is 8.99. The van der Waals surface area contributed by atoms with Gasteiger partial charge < -0.3 is 51.5 Å². The quantitative estimate of drug-likeness (QED) is 0.136. The highest BCUT2D eigenvalue weighted by atomic mass is 32.2. The van der Waals surface area contributed by atoms with Crippen molar-refractivity contribution in [3.63, 3.8) is 0 Å². The lowest BCUT2D eigenvalue weighted by atomic mass is 9.84. The second-order valence-corrected chi connectivity index (χ2v) is 16.4. The third-order valence-corrected chi connectivity index (χ3v) is 12.3. The van der Waals surface area contributed by atoms with Gasteiger partial charge in [0.05, 0.1) is 41.1 Å². The van der Waals surface area contributed by atoms with E-state index in [1.54, 1.807) is 30.3 Å². The van der Waals surface area contributed by atoms with Gasteiger partial charge in [-0.1, -0.05) is 36.4 Å². The summed E-state index contributed by atoms with van der Waals surface area (Å²) in [5.74, 6) is 0.429. The Balaban J connectivity index is 1.44. The first-order valence-corrected chi connectivity index (χ1v) is 18.7. The lowest BCUT2D eigenvalue weighted by Crippen LogP contribution is -2.70. The summed E-state index contributed by atoms with van der Waals surface area (Å²) in [5.41, 5.74) is 16.5. The summed E-state index contributed by atoms with van der Waals surface area (Å²) in [6, 6.07) is 10.7. The Morgan fingerprint density at radius 2 is 1.51 bits per heavy atom. The van der Waals surface area contributed by atoms with Gasteiger partial charge in [-0.3, -0.25) is 0 Å². The molecule has 0 aromatic heterocycles. The molecule has 0 radical (unpaired) electrons. The number of nitrogens with zero attached hydrogens (tertiary/aromatic N) is 1. The number of hydrogen-bond donors (Lipinski definition) is 7. The zero-order valence-electron chi connectivity index (χ0n) is 27.1. The largest absolute Gasteiger partial charge is 0.467 e. The van der Waals surface area contributed by atoms with Crippen molar-refractivity contribution in [2.45, 2.75) is 96.3 Å². The molecule has 1 saturated heterocycles. The fourth-order valence-electron chi connectivity index (χ4n) is 6.40. The number of nitrogens with one attached hydrogen (secondary N) is 1. The highest BCUT2D eigenvalue weighted by Gasteiger charge is 2.55. The topological polar surface area (TPSA) is 259 Å². The molecule has 2 heterocycles. The number of sulfonamides is 2. The van der Waals surface area contributed by atoms with E-state index in [1.165, 1.54) is 50.4 Å². The van der Waals surface area contributed by atoms with Gasteiger partial charge in [-0.05, 0) is 50.1 Å². The molecule has 2 aromatic rings. The minimum absolute atomic E-state index is 0.0596. The van der Waals surface area contributed by atoms with Crippen LogP contribution in [0.5, 0.6) is 0 Å². The molecule has 2 fully saturated rings. The van der Waals surface area contributed by atoms with Gasteiger partial charge >= 0.3 is 0 Å². The van der Waals surface area contributed by atoms with Crippen LogP contribution in [-0.2, 0) is 39.0 Å². The summed E-state index contributed by atoms with van der Waals surface area (Å²) < 4.78 is 81.1. The maximum Gasteiger partial charge on any atom is 0.243 e. The van der Waals surface area contributed by atoms with Gasteiger partial charge in [-0.2, -0.15) is 4.31 Å². The van der Waals surface area contributed by atoms with Crippen LogP contribution in [0.1, 0.15) is 19.8 Å². The number of nitrogens with two attached hydrogens (primary N) is 3. The van der Waals surface area contributed by atoms with Crippen LogP contribution in [0, 0.1) is 0 Å². The zero-order valence-corrected chi connectivity index (χ0v) is 28.7. The van der Waals surface area contributed by atoms with Crippen molar-refractivity contribution in [2.24, 2.45) is 17.2 Å². The average Bonchev–Trinajstić information content (AvgIpc) is 3.07. The Labute approximate surface area is 285 Å². The molecule has 49 heavy (non-hydrogen) atoms. The molecular weight excluding hydrogens is 682 g/mol. The molecule has 0 amide bonds. The molecular formula is C31H45N5O11S2. The first-order chi connectivity index (χ1) is 23.1. The lowest BCUT2D eigenvalue weighted by molar-refractivity contribution is -0.308. The van der Waals surface area contributed by atoms with E-state index in [9.17, 15) is 32.2 Å². The number of hydrogen-bond acceptors (Lipinski definition) is 14. The predicted octanol–water partition coefficient (Wildman–Crippen LogP) is -1.73. The number of likely N-dealkylation sites (N-methyl/N-ethyl adjacent to an activating group) is 1. The van der Waals surface area contributed by atoms with Crippen molar-refractivity contribution in [1.82, 2.24) is 9.03 Å². The number of aliphatic hydroxyl groups is 3. The first-order valence-electron chi connectivity index (χ1n) is 15.7. The minimum Gasteiger partial charge on any atom is -0.467 e. The van der Waals surface area contributed by atoms with E-state index in [2.05, 4.69) is 4.72 Å². The Hall–Kier alpha value is -2.56. The van der Waals surface area contributed by atoms with Crippen LogP contribution in [0.2, 0.25) is 0 Å². The van der Waals surface area contributed by atoms with Gasteiger partial charge in [-0.25, -0.2) is 21.6 Å². The summed E-state index contributed by atoms with van der Waals surface area (Å²) in [6.07, 6.45) is -6.90. The summed E-state index contributed by atoms with van der Waals surface area (Å²) >= 11 is 0. The Morgan fingerprint density at radius 1 is 0.918 bits per heavy atom. The number of benzene rings is 2. The maximum absolute atomic E-state index is 13.5. The van der Waals surface area contributed by atoms with Crippen LogP contribution in [0.25, 0.3) is 0 Å². The van der Waals surface area contributed by atoms with Crippen molar-refractivity contribution >= 4 is 20.0 Å². The van der Waals surface area contributed by atoms with Gasteiger partial charge in [0.1, 0.15) is 35.8 Å². The third kappa shape index (κ3) is 8.01. The molecule has 0 unspecified atom stereocenters. The van der Waals surface area contributed by atoms with Crippen molar-refractivity contribution in [3.05, 3.63) is 72.5 Å². The minimum atomic E-state index is -4.23. The van der Waals surface area contributed by atoms with Gasteiger partial charge in [0, 0.05) is 13.1 Å². The smallest absolute Gasteiger partial charge is 0.243 e. The van der Waals surface area contributed by atoms with Crippen LogP contribution < -0.4 is 21.9 Å². The van der Waals surface area contributed by atoms with E-state index in [0.29, 0.717) is 12.2 Å². The first kappa shape index (κ1) is 37.7. The summed E-state index contributed by atoms with van der Waals surface area (Å²) in [7, 11) is -7.21. The van der Waals surface area contributed by atoms with Crippen molar-refractivity contribution in [1.29, 1.82) is 0 Å². The van der Waals surface area contributed by atoms with Gasteiger partial charge in [0.2, 0.25) is 26.3 Å². The molecule has 272 valence electrons. The predicted molar refractivity (Wildman–Crippen MR) is 175 cm³/mol. The molecule has 1 saturated carbocycles. The van der Waals surface area contributed by atoms with E-state index in [4.69, 9.17) is 36.1 Å². The molecule has 1 aliphatic carbocycles. The van der Waals surface area contributed by atoms with Crippen LogP contribution in [-0.4, -0.2) is 123 Å². The second-order valence-electron chi connectivity index (χ2n) is 12.7. The number of aliphatic hydroxyl groups excluding tert-OH is 2. The Bertz CT molecular complexity index is 1670. The highest BCUT2D eigenvalue weighted by molar-refractivity contribution is 7.89. The lowest BCUT2D eigenvalue weighted by Gasteiger charge is -2.50. The molecule has 18 heteroatoms. The van der Waals surface area contributed by atoms with E-state index in [0.717, 1.165) is 4.31 Å². The van der Waals surface area contributed by atoms with Crippen LogP contribution in [0.4, 0.5) is 0 Å². The van der Waals surface area contributed by atoms with Crippen LogP contribution in [0.3, 0.4) is 0 Å². The maximum atomic E-state index is 13.5. The molecule has 5 rings (SSSR count). The molecule has 11 atom stereocenters. The van der Waals surface area contributed by atoms with Gasteiger partial charge in [0.25, 0.3) is 0 Å². The van der Waals surface area contributed by atoms with Crippen molar-refractivity contribution in [3.8, 4) is 0 Å².